The minimum atomic E-state index is -1.11. The van der Waals surface area contributed by atoms with Gasteiger partial charge in [0.1, 0.15) is 11.5 Å². The molecule has 3 rings (SSSR count). The van der Waals surface area contributed by atoms with Crippen LogP contribution in [0.25, 0.3) is 21.5 Å². The molecule has 3 aromatic carbocycles. The van der Waals surface area contributed by atoms with E-state index in [-0.39, 0.29) is 37.2 Å². The molecule has 0 aliphatic carbocycles. The topological polar surface area (TPSA) is 127 Å². The summed E-state index contributed by atoms with van der Waals surface area (Å²) < 4.78 is 11.8. The van der Waals surface area contributed by atoms with E-state index < -0.39 is 34.7 Å². The molecule has 0 spiro atoms. The lowest BCUT2D eigenvalue weighted by Gasteiger charge is -2.27. The molecule has 8 nitrogen and oxygen atoms in total. The van der Waals surface area contributed by atoms with E-state index in [0.717, 1.165) is 11.1 Å². The molecule has 0 aromatic heterocycles. The molecule has 0 heterocycles. The zero-order valence-electron chi connectivity index (χ0n) is 22.6. The molecule has 8 heteroatoms. The Bertz CT molecular complexity index is 1310. The first kappa shape index (κ1) is 28.6. The lowest BCUT2D eigenvalue weighted by atomic mass is 9.79. The number of hydrogen-bond acceptors (Lipinski definition) is 6. The number of fused-ring (bicyclic) bond motifs is 2. The Morgan fingerprint density at radius 1 is 0.605 bits per heavy atom. The number of ether oxygens (including phenoxy) is 2. The van der Waals surface area contributed by atoms with Crippen LogP contribution in [0.2, 0.25) is 0 Å². The van der Waals surface area contributed by atoms with Gasteiger partial charge < -0.3 is 19.7 Å². The average Bonchev–Trinajstić information content (AvgIpc) is 2.81. The van der Waals surface area contributed by atoms with Crippen molar-refractivity contribution in [3.63, 3.8) is 0 Å². The molecule has 0 aliphatic rings. The molecule has 0 saturated heterocycles. The quantitative estimate of drug-likeness (QED) is 0.205. The number of aliphatic carboxylic acids is 2. The SMILES string of the molecule is CC(C)(C)c1cccc2c(OC(=O)CCC(=O)O)c3c(C(C)(C)C)cccc3c(OC(=O)CCC(=O)O)c12. The third-order valence-corrected chi connectivity index (χ3v) is 6.21. The standard InChI is InChI=1S/C30H34O8/c1-29(2,3)19-11-7-9-17-25(19)27(37-23(35)15-13-21(31)32)18-10-8-12-20(30(4,5)6)26(18)28(17)38-24(36)16-14-22(33)34/h7-12H,13-16H2,1-6H3,(H,31,32)(H,33,34). The normalized spacial score (nSPS) is 11.9. The minimum absolute atomic E-state index is 0.271. The fourth-order valence-electron chi connectivity index (χ4n) is 4.45. The molecule has 0 atom stereocenters. The van der Waals surface area contributed by atoms with Crippen LogP contribution in [0.15, 0.2) is 36.4 Å². The molecular weight excluding hydrogens is 488 g/mol. The summed E-state index contributed by atoms with van der Waals surface area (Å²) in [6.07, 6.45) is -1.34. The predicted molar refractivity (Wildman–Crippen MR) is 144 cm³/mol. The van der Waals surface area contributed by atoms with Gasteiger partial charge in [-0.2, -0.15) is 0 Å². The molecule has 3 aromatic rings. The highest BCUT2D eigenvalue weighted by molar-refractivity contribution is 6.15. The highest BCUT2D eigenvalue weighted by Crippen LogP contribution is 2.49. The van der Waals surface area contributed by atoms with E-state index in [1.165, 1.54) is 0 Å². The Balaban J connectivity index is 2.45. The van der Waals surface area contributed by atoms with E-state index in [4.69, 9.17) is 19.7 Å². The lowest BCUT2D eigenvalue weighted by Crippen LogP contribution is -2.17. The summed E-state index contributed by atoms with van der Waals surface area (Å²) >= 11 is 0. The van der Waals surface area contributed by atoms with E-state index in [1.807, 2.05) is 65.8 Å². The van der Waals surface area contributed by atoms with Crippen LogP contribution in [0.4, 0.5) is 0 Å². The van der Waals surface area contributed by atoms with Gasteiger partial charge in [-0.1, -0.05) is 77.9 Å². The summed E-state index contributed by atoms with van der Waals surface area (Å²) in [6, 6.07) is 11.0. The van der Waals surface area contributed by atoms with Crippen LogP contribution < -0.4 is 9.47 Å². The first-order valence-electron chi connectivity index (χ1n) is 12.5. The van der Waals surface area contributed by atoms with Crippen LogP contribution in [0.1, 0.15) is 78.4 Å². The second kappa shape index (κ2) is 10.8. The average molecular weight is 523 g/mol. The minimum Gasteiger partial charge on any atom is -0.481 e. The molecular formula is C30H34O8. The smallest absolute Gasteiger partial charge is 0.311 e. The van der Waals surface area contributed by atoms with E-state index in [1.54, 1.807) is 12.1 Å². The summed E-state index contributed by atoms with van der Waals surface area (Å²) in [7, 11) is 0. The van der Waals surface area contributed by atoms with Gasteiger partial charge in [-0.3, -0.25) is 19.2 Å². The van der Waals surface area contributed by atoms with E-state index >= 15 is 0 Å². The van der Waals surface area contributed by atoms with Crippen LogP contribution in [0, 0.1) is 0 Å². The second-order valence-corrected chi connectivity index (χ2v) is 11.4. The summed E-state index contributed by atoms with van der Waals surface area (Å²) in [5.74, 6) is -3.05. The van der Waals surface area contributed by atoms with E-state index in [2.05, 4.69) is 0 Å². The fraction of sp³-hybridized carbons (Fsp3) is 0.400. The number of carboxylic acids is 2. The van der Waals surface area contributed by atoms with Crippen LogP contribution in [0.5, 0.6) is 11.5 Å². The van der Waals surface area contributed by atoms with Crippen molar-refractivity contribution in [3.05, 3.63) is 47.5 Å². The van der Waals surface area contributed by atoms with Gasteiger partial charge in [-0.15, -0.1) is 0 Å². The number of carboxylic acid groups (broad SMARTS) is 2. The molecule has 0 amide bonds. The van der Waals surface area contributed by atoms with Crippen LogP contribution in [0.3, 0.4) is 0 Å². The highest BCUT2D eigenvalue weighted by atomic mass is 16.5. The molecule has 2 N–H and O–H groups in total. The Morgan fingerprint density at radius 2 is 0.947 bits per heavy atom. The maximum Gasteiger partial charge on any atom is 0.311 e. The monoisotopic (exact) mass is 522 g/mol. The highest BCUT2D eigenvalue weighted by Gasteiger charge is 2.29. The molecule has 0 unspecified atom stereocenters. The fourth-order valence-corrected chi connectivity index (χ4v) is 4.45. The molecule has 0 bridgehead atoms. The summed E-state index contributed by atoms with van der Waals surface area (Å²) in [4.78, 5) is 47.8. The molecule has 0 saturated carbocycles. The van der Waals surface area contributed by atoms with Crippen LogP contribution in [-0.2, 0) is 30.0 Å². The van der Waals surface area contributed by atoms with Gasteiger partial charge in [-0.25, -0.2) is 0 Å². The summed E-state index contributed by atoms with van der Waals surface area (Å²) in [6.45, 7) is 12.0. The van der Waals surface area contributed by atoms with E-state index in [9.17, 15) is 19.2 Å². The lowest BCUT2D eigenvalue weighted by molar-refractivity contribution is -0.142. The van der Waals surface area contributed by atoms with Gasteiger partial charge in [0.25, 0.3) is 0 Å². The first-order chi connectivity index (χ1) is 17.6. The van der Waals surface area contributed by atoms with Crippen molar-refractivity contribution in [2.75, 3.05) is 0 Å². The zero-order chi connectivity index (χ0) is 28.4. The molecule has 202 valence electrons. The van der Waals surface area contributed by atoms with E-state index in [0.29, 0.717) is 21.5 Å². The second-order valence-electron chi connectivity index (χ2n) is 11.4. The van der Waals surface area contributed by atoms with Crippen molar-refractivity contribution < 1.29 is 38.9 Å². The molecule has 0 fully saturated rings. The van der Waals surface area contributed by atoms with Gasteiger partial charge in [-0.05, 0) is 22.0 Å². The number of carbonyl (C=O) groups excluding carboxylic acids is 2. The third kappa shape index (κ3) is 6.30. The maximum absolute atomic E-state index is 12.8. The number of carbonyl (C=O) groups is 4. The number of hydrogen-bond donors (Lipinski definition) is 2. The van der Waals surface area contributed by atoms with Gasteiger partial charge in [0.05, 0.1) is 25.7 Å². The van der Waals surface area contributed by atoms with Crippen molar-refractivity contribution in [2.24, 2.45) is 0 Å². The Morgan fingerprint density at radius 3 is 1.24 bits per heavy atom. The first-order valence-corrected chi connectivity index (χ1v) is 12.5. The molecule has 0 aliphatic heterocycles. The third-order valence-electron chi connectivity index (χ3n) is 6.21. The Hall–Kier alpha value is -3.94. The van der Waals surface area contributed by atoms with Gasteiger partial charge >= 0.3 is 23.9 Å². The van der Waals surface area contributed by atoms with Crippen molar-refractivity contribution in [3.8, 4) is 11.5 Å². The Kier molecular flexibility index (Phi) is 8.15. The predicted octanol–water partition coefficient (Wildman–Crippen LogP) is 6.13. The van der Waals surface area contributed by atoms with Crippen molar-refractivity contribution >= 4 is 45.4 Å². The van der Waals surface area contributed by atoms with Crippen LogP contribution >= 0.6 is 0 Å². The number of rotatable bonds is 8. The maximum atomic E-state index is 12.8. The summed E-state index contributed by atoms with van der Waals surface area (Å²) in [5, 5.41) is 20.3. The van der Waals surface area contributed by atoms with Gasteiger partial charge in [0, 0.05) is 21.5 Å². The van der Waals surface area contributed by atoms with Gasteiger partial charge in [0.15, 0.2) is 0 Å². The summed E-state index contributed by atoms with van der Waals surface area (Å²) in [5.41, 5.74) is 0.868. The zero-order valence-corrected chi connectivity index (χ0v) is 22.6. The van der Waals surface area contributed by atoms with Crippen molar-refractivity contribution in [1.29, 1.82) is 0 Å². The molecule has 38 heavy (non-hydrogen) atoms. The van der Waals surface area contributed by atoms with Gasteiger partial charge in [0.2, 0.25) is 0 Å². The molecule has 0 radical (unpaired) electrons. The Labute approximate surface area is 221 Å². The number of esters is 2. The van der Waals surface area contributed by atoms with Crippen molar-refractivity contribution in [1.82, 2.24) is 0 Å². The largest absolute Gasteiger partial charge is 0.481 e. The van der Waals surface area contributed by atoms with Crippen LogP contribution in [-0.4, -0.2) is 34.1 Å². The van der Waals surface area contributed by atoms with Crippen molar-refractivity contribution in [2.45, 2.75) is 78.1 Å². The number of benzene rings is 3.